The van der Waals surface area contributed by atoms with Crippen molar-refractivity contribution in [3.63, 3.8) is 0 Å². The molecule has 1 aromatic rings. The first-order valence-electron chi connectivity index (χ1n) is 8.37. The number of amides is 2. The van der Waals surface area contributed by atoms with E-state index in [0.717, 1.165) is 12.2 Å². The number of carbonyl (C=O) groups excluding carboxylic acids is 1. The molecular weight excluding hydrogens is 308 g/mol. The average Bonchev–Trinajstić information content (AvgIpc) is 2.54. The van der Waals surface area contributed by atoms with Gasteiger partial charge < -0.3 is 25.2 Å². The summed E-state index contributed by atoms with van der Waals surface area (Å²) in [5, 5.41) is 14.0. The highest BCUT2D eigenvalue weighted by molar-refractivity contribution is 5.73. The van der Waals surface area contributed by atoms with E-state index >= 15 is 0 Å². The molecule has 0 heterocycles. The number of ether oxygens (including phenoxy) is 2. The zero-order chi connectivity index (χ0) is 17.8. The van der Waals surface area contributed by atoms with Crippen molar-refractivity contribution in [2.45, 2.75) is 32.6 Å². The highest BCUT2D eigenvalue weighted by Gasteiger charge is 2.12. The molecule has 0 aliphatic carbocycles. The number of aliphatic hydroxyl groups excluding tert-OH is 1. The fourth-order valence-electron chi connectivity index (χ4n) is 1.98. The van der Waals surface area contributed by atoms with Crippen molar-refractivity contribution in [2.75, 3.05) is 39.5 Å². The van der Waals surface area contributed by atoms with Gasteiger partial charge in [-0.15, -0.1) is 0 Å². The first-order chi connectivity index (χ1) is 11.4. The number of nitrogens with one attached hydrogen (secondary N) is 2. The Balaban J connectivity index is 2.08. The highest BCUT2D eigenvalue weighted by Crippen LogP contribution is 2.24. The summed E-state index contributed by atoms with van der Waals surface area (Å²) in [5.74, 6) is 0.841. The molecule has 0 saturated carbocycles. The van der Waals surface area contributed by atoms with Gasteiger partial charge in [-0.25, -0.2) is 4.79 Å². The number of rotatable bonds is 10. The maximum absolute atomic E-state index is 11.5. The molecule has 6 heteroatoms. The molecule has 0 aliphatic heterocycles. The molecule has 6 nitrogen and oxygen atoms in total. The molecule has 2 amide bonds. The van der Waals surface area contributed by atoms with E-state index in [2.05, 4.69) is 43.5 Å². The summed E-state index contributed by atoms with van der Waals surface area (Å²) in [7, 11) is 0. The van der Waals surface area contributed by atoms with Crippen molar-refractivity contribution < 1.29 is 19.4 Å². The minimum Gasteiger partial charge on any atom is -0.494 e. The normalized spacial score (nSPS) is 11.2. The Kier molecular flexibility index (Phi) is 9.19. The van der Waals surface area contributed by atoms with E-state index in [4.69, 9.17) is 14.6 Å². The Morgan fingerprint density at radius 1 is 1.04 bits per heavy atom. The Morgan fingerprint density at radius 3 is 2.33 bits per heavy atom. The molecule has 0 atom stereocenters. The zero-order valence-electron chi connectivity index (χ0n) is 14.9. The molecule has 0 fully saturated rings. The van der Waals surface area contributed by atoms with Crippen LogP contribution in [0, 0.1) is 0 Å². The van der Waals surface area contributed by atoms with Crippen LogP contribution in [0.1, 0.15) is 32.8 Å². The number of hydrogen-bond acceptors (Lipinski definition) is 4. The summed E-state index contributed by atoms with van der Waals surface area (Å²) in [5.41, 5.74) is 1.41. The smallest absolute Gasteiger partial charge is 0.314 e. The lowest BCUT2D eigenvalue weighted by atomic mass is 9.87. The summed E-state index contributed by atoms with van der Waals surface area (Å²) in [6.07, 6.45) is 0.732. The monoisotopic (exact) mass is 338 g/mol. The molecule has 0 aliphatic rings. The maximum Gasteiger partial charge on any atom is 0.314 e. The fourth-order valence-corrected chi connectivity index (χ4v) is 1.98. The number of urea groups is 1. The number of benzene rings is 1. The van der Waals surface area contributed by atoms with Crippen LogP contribution in [0.15, 0.2) is 24.3 Å². The molecule has 3 N–H and O–H groups in total. The van der Waals surface area contributed by atoms with Gasteiger partial charge in [0.1, 0.15) is 5.75 Å². The van der Waals surface area contributed by atoms with Gasteiger partial charge in [-0.3, -0.25) is 0 Å². The second-order valence-corrected chi connectivity index (χ2v) is 6.50. The van der Waals surface area contributed by atoms with Gasteiger partial charge >= 0.3 is 6.03 Å². The van der Waals surface area contributed by atoms with Gasteiger partial charge in [-0.05, 0) is 29.5 Å². The van der Waals surface area contributed by atoms with E-state index in [1.807, 2.05) is 12.1 Å². The van der Waals surface area contributed by atoms with E-state index < -0.39 is 0 Å². The second-order valence-electron chi connectivity index (χ2n) is 6.50. The lowest BCUT2D eigenvalue weighted by Gasteiger charge is -2.19. The molecule has 0 radical (unpaired) electrons. The first-order valence-corrected chi connectivity index (χ1v) is 8.37. The Labute approximate surface area is 144 Å². The third-order valence-electron chi connectivity index (χ3n) is 3.36. The quantitative estimate of drug-likeness (QED) is 0.571. The topological polar surface area (TPSA) is 79.8 Å². The van der Waals surface area contributed by atoms with Crippen LogP contribution in [-0.4, -0.2) is 50.7 Å². The van der Waals surface area contributed by atoms with Crippen molar-refractivity contribution in [3.05, 3.63) is 29.8 Å². The van der Waals surface area contributed by atoms with Gasteiger partial charge in [0.15, 0.2) is 0 Å². The lowest BCUT2D eigenvalue weighted by Crippen LogP contribution is -2.38. The highest BCUT2D eigenvalue weighted by atomic mass is 16.5. The molecule has 0 saturated heterocycles. The van der Waals surface area contributed by atoms with Crippen molar-refractivity contribution in [1.29, 1.82) is 0 Å². The van der Waals surface area contributed by atoms with E-state index in [1.54, 1.807) is 0 Å². The summed E-state index contributed by atoms with van der Waals surface area (Å²) >= 11 is 0. The Hall–Kier alpha value is -1.79. The number of carbonyl (C=O) groups is 1. The molecule has 1 rings (SSSR count). The molecule has 0 aromatic heterocycles. The third-order valence-corrected chi connectivity index (χ3v) is 3.36. The average molecular weight is 338 g/mol. The van der Waals surface area contributed by atoms with Gasteiger partial charge in [0, 0.05) is 13.1 Å². The van der Waals surface area contributed by atoms with Crippen LogP contribution in [-0.2, 0) is 10.2 Å². The Bertz CT molecular complexity index is 469. The third kappa shape index (κ3) is 8.74. The van der Waals surface area contributed by atoms with Crippen LogP contribution in [0.5, 0.6) is 5.75 Å². The molecule has 0 bridgehead atoms. The standard InChI is InChI=1S/C18H30N2O4/c1-18(2,3)15-5-7-16(8-6-15)24-12-4-9-19-17(22)20-10-13-23-14-11-21/h5-8,21H,4,9-14H2,1-3H3,(H2,19,20,22). The molecule has 24 heavy (non-hydrogen) atoms. The zero-order valence-corrected chi connectivity index (χ0v) is 14.9. The summed E-state index contributed by atoms with van der Waals surface area (Å²) in [6, 6.07) is 7.90. The molecular formula is C18H30N2O4. The van der Waals surface area contributed by atoms with E-state index in [0.29, 0.717) is 26.3 Å². The van der Waals surface area contributed by atoms with E-state index in [1.165, 1.54) is 5.56 Å². The van der Waals surface area contributed by atoms with Crippen molar-refractivity contribution >= 4 is 6.03 Å². The van der Waals surface area contributed by atoms with Crippen molar-refractivity contribution in [1.82, 2.24) is 10.6 Å². The molecule has 1 aromatic carbocycles. The molecule has 0 spiro atoms. The Morgan fingerprint density at radius 2 is 1.71 bits per heavy atom. The molecule has 136 valence electrons. The SMILES string of the molecule is CC(C)(C)c1ccc(OCCCNC(=O)NCCOCCO)cc1. The van der Waals surface area contributed by atoms with Crippen LogP contribution in [0.2, 0.25) is 0 Å². The van der Waals surface area contributed by atoms with Gasteiger partial charge in [0.2, 0.25) is 0 Å². The van der Waals surface area contributed by atoms with Crippen LogP contribution in [0.3, 0.4) is 0 Å². The number of aliphatic hydroxyl groups is 1. The van der Waals surface area contributed by atoms with Gasteiger partial charge in [-0.2, -0.15) is 0 Å². The van der Waals surface area contributed by atoms with Gasteiger partial charge in [-0.1, -0.05) is 32.9 Å². The van der Waals surface area contributed by atoms with E-state index in [-0.39, 0.29) is 24.7 Å². The summed E-state index contributed by atoms with van der Waals surface area (Å²) in [4.78, 5) is 11.5. The predicted octanol–water partition coefficient (Wildman–Crippen LogP) is 2.06. The first kappa shape index (κ1) is 20.3. The summed E-state index contributed by atoms with van der Waals surface area (Å²) in [6.45, 7) is 8.72. The van der Waals surface area contributed by atoms with Gasteiger partial charge in [0.05, 0.1) is 26.4 Å². The predicted molar refractivity (Wildman–Crippen MR) is 94.6 cm³/mol. The largest absolute Gasteiger partial charge is 0.494 e. The lowest BCUT2D eigenvalue weighted by molar-refractivity contribution is 0.0947. The van der Waals surface area contributed by atoms with Crippen LogP contribution in [0.25, 0.3) is 0 Å². The van der Waals surface area contributed by atoms with Crippen LogP contribution >= 0.6 is 0 Å². The number of hydrogen-bond donors (Lipinski definition) is 3. The minimum absolute atomic E-state index is 0.00880. The van der Waals surface area contributed by atoms with Gasteiger partial charge in [0.25, 0.3) is 0 Å². The molecule has 0 unspecified atom stereocenters. The van der Waals surface area contributed by atoms with Crippen molar-refractivity contribution in [3.8, 4) is 5.75 Å². The fraction of sp³-hybridized carbons (Fsp3) is 0.611. The maximum atomic E-state index is 11.5. The van der Waals surface area contributed by atoms with Crippen LogP contribution < -0.4 is 15.4 Å². The minimum atomic E-state index is -0.225. The second kappa shape index (κ2) is 10.9. The van der Waals surface area contributed by atoms with E-state index in [9.17, 15) is 4.79 Å². The van der Waals surface area contributed by atoms with Crippen molar-refractivity contribution in [2.24, 2.45) is 0 Å². The summed E-state index contributed by atoms with van der Waals surface area (Å²) < 4.78 is 10.7. The van der Waals surface area contributed by atoms with Crippen LogP contribution in [0.4, 0.5) is 4.79 Å².